The molecule has 1 heterocycles. The summed E-state index contributed by atoms with van der Waals surface area (Å²) < 4.78 is 0. The fourth-order valence-electron chi connectivity index (χ4n) is 1.47. The van der Waals surface area contributed by atoms with Crippen LogP contribution in [-0.2, 0) is 11.3 Å². The van der Waals surface area contributed by atoms with Crippen LogP contribution in [-0.4, -0.2) is 23.5 Å². The highest BCUT2D eigenvalue weighted by Crippen LogP contribution is 1.98. The monoisotopic (exact) mass is 251 g/mol. The minimum absolute atomic E-state index is 0.193. The predicted molar refractivity (Wildman–Crippen MR) is 70.1 cm³/mol. The van der Waals surface area contributed by atoms with Crippen molar-refractivity contribution in [1.29, 1.82) is 0 Å². The Morgan fingerprint density at radius 1 is 1.33 bits per heavy atom. The Labute approximate surface area is 107 Å². The van der Waals surface area contributed by atoms with E-state index >= 15 is 0 Å². The molecule has 1 rings (SSSR count). The molecule has 0 aromatic carbocycles. The van der Waals surface area contributed by atoms with Gasteiger partial charge in [0, 0.05) is 18.9 Å². The molecule has 0 aliphatic carbocycles. The molecule has 1 atom stereocenters. The van der Waals surface area contributed by atoms with Crippen LogP contribution in [0.3, 0.4) is 0 Å². The summed E-state index contributed by atoms with van der Waals surface area (Å²) in [6.07, 6.45) is 5.83. The summed E-state index contributed by atoms with van der Waals surface area (Å²) in [6, 6.07) is 3.27. The molecule has 0 saturated heterocycles. The number of hydrazine groups is 1. The molecule has 6 N–H and O–H groups in total. The number of nitrogens with one attached hydrogen (secondary N) is 2. The number of amides is 1. The first kappa shape index (κ1) is 14.6. The fraction of sp³-hybridized carbons (Fsp3) is 0.500. The number of pyridine rings is 1. The molecule has 0 saturated carbocycles. The zero-order chi connectivity index (χ0) is 13.2. The number of nitrogens with two attached hydrogens (primary N) is 2. The third kappa shape index (κ3) is 5.72. The minimum Gasteiger partial charge on any atom is -0.330 e. The molecule has 18 heavy (non-hydrogen) atoms. The van der Waals surface area contributed by atoms with Crippen LogP contribution in [0, 0.1) is 0 Å². The Bertz CT molecular complexity index is 344. The van der Waals surface area contributed by atoms with Crippen LogP contribution in [0.4, 0.5) is 0 Å². The molecule has 0 bridgehead atoms. The van der Waals surface area contributed by atoms with E-state index in [-0.39, 0.29) is 5.91 Å². The second-order valence-corrected chi connectivity index (χ2v) is 4.09. The van der Waals surface area contributed by atoms with Crippen molar-refractivity contribution in [1.82, 2.24) is 15.8 Å². The molecule has 0 aliphatic rings. The van der Waals surface area contributed by atoms with Crippen LogP contribution in [0.2, 0.25) is 0 Å². The van der Waals surface area contributed by atoms with Gasteiger partial charge in [0.05, 0.1) is 6.04 Å². The highest BCUT2D eigenvalue weighted by Gasteiger charge is 2.11. The van der Waals surface area contributed by atoms with Gasteiger partial charge in [-0.3, -0.25) is 15.2 Å². The molecule has 0 unspecified atom stereocenters. The molecule has 6 nitrogen and oxygen atoms in total. The van der Waals surface area contributed by atoms with Gasteiger partial charge in [0.25, 0.3) is 5.91 Å². The second kappa shape index (κ2) is 8.57. The van der Waals surface area contributed by atoms with Crippen molar-refractivity contribution >= 4 is 5.91 Å². The van der Waals surface area contributed by atoms with E-state index in [1.165, 1.54) is 0 Å². The van der Waals surface area contributed by atoms with Crippen molar-refractivity contribution in [2.75, 3.05) is 6.54 Å². The molecule has 6 heteroatoms. The largest absolute Gasteiger partial charge is 0.330 e. The highest BCUT2D eigenvalue weighted by atomic mass is 16.2. The number of aromatic nitrogens is 1. The first-order valence-electron chi connectivity index (χ1n) is 6.11. The van der Waals surface area contributed by atoms with E-state index in [4.69, 9.17) is 11.5 Å². The average molecular weight is 251 g/mol. The van der Waals surface area contributed by atoms with Crippen molar-refractivity contribution in [2.45, 2.75) is 31.8 Å². The van der Waals surface area contributed by atoms with Crippen LogP contribution in [0.15, 0.2) is 24.5 Å². The number of carbonyl (C=O) groups is 1. The summed E-state index contributed by atoms with van der Waals surface area (Å²) >= 11 is 0. The Kier molecular flexibility index (Phi) is 6.93. The van der Waals surface area contributed by atoms with Gasteiger partial charge in [-0.25, -0.2) is 5.43 Å². The van der Waals surface area contributed by atoms with Gasteiger partial charge in [0.1, 0.15) is 0 Å². The van der Waals surface area contributed by atoms with Gasteiger partial charge in [0.15, 0.2) is 0 Å². The van der Waals surface area contributed by atoms with Gasteiger partial charge in [0.2, 0.25) is 0 Å². The molecule has 0 spiro atoms. The van der Waals surface area contributed by atoms with Crippen molar-refractivity contribution in [2.24, 2.45) is 11.5 Å². The summed E-state index contributed by atoms with van der Waals surface area (Å²) in [4.78, 5) is 15.5. The smallest absolute Gasteiger partial charge is 0.250 e. The van der Waals surface area contributed by atoms with E-state index in [0.29, 0.717) is 19.5 Å². The first-order chi connectivity index (χ1) is 8.74. The lowest BCUT2D eigenvalue weighted by molar-refractivity contribution is -0.123. The van der Waals surface area contributed by atoms with Gasteiger partial charge in [-0.05, 0) is 37.1 Å². The topological polar surface area (TPSA) is 106 Å². The van der Waals surface area contributed by atoms with Crippen molar-refractivity contribution < 1.29 is 4.79 Å². The van der Waals surface area contributed by atoms with Crippen LogP contribution < -0.4 is 22.3 Å². The summed E-state index contributed by atoms with van der Waals surface area (Å²) in [6.45, 7) is 1.18. The molecule has 0 radical (unpaired) electrons. The summed E-state index contributed by atoms with van der Waals surface area (Å²) in [5, 5.41) is 0. The van der Waals surface area contributed by atoms with Crippen LogP contribution in [0.1, 0.15) is 24.8 Å². The van der Waals surface area contributed by atoms with Crippen LogP contribution in [0.25, 0.3) is 0 Å². The predicted octanol–water partition coefficient (Wildman–Crippen LogP) is -0.341. The Balaban J connectivity index is 2.16. The Morgan fingerprint density at radius 2 is 2.06 bits per heavy atom. The zero-order valence-corrected chi connectivity index (χ0v) is 10.4. The van der Waals surface area contributed by atoms with Gasteiger partial charge < -0.3 is 11.5 Å². The van der Waals surface area contributed by atoms with Gasteiger partial charge in [-0.1, -0.05) is 6.42 Å². The average Bonchev–Trinajstić information content (AvgIpc) is 2.40. The molecule has 0 fully saturated rings. The summed E-state index contributed by atoms with van der Waals surface area (Å²) in [5.74, 6) is -0.193. The van der Waals surface area contributed by atoms with E-state index < -0.39 is 6.04 Å². The molecule has 100 valence electrons. The number of rotatable bonds is 8. The van der Waals surface area contributed by atoms with Gasteiger partial charge in [-0.15, -0.1) is 0 Å². The Hall–Kier alpha value is -1.50. The van der Waals surface area contributed by atoms with Crippen LogP contribution in [0.5, 0.6) is 0 Å². The maximum Gasteiger partial charge on any atom is 0.250 e. The third-order valence-electron chi connectivity index (χ3n) is 2.56. The maximum absolute atomic E-state index is 11.6. The highest BCUT2D eigenvalue weighted by molar-refractivity contribution is 5.80. The lowest BCUT2D eigenvalue weighted by Crippen LogP contribution is -2.46. The quantitative estimate of drug-likeness (QED) is 0.373. The van der Waals surface area contributed by atoms with Crippen molar-refractivity contribution in [3.05, 3.63) is 30.1 Å². The summed E-state index contributed by atoms with van der Waals surface area (Å²) in [7, 11) is 0. The Morgan fingerprint density at radius 3 is 2.72 bits per heavy atom. The number of nitrogens with zero attached hydrogens (tertiary/aromatic N) is 1. The van der Waals surface area contributed by atoms with E-state index in [2.05, 4.69) is 15.8 Å². The first-order valence-corrected chi connectivity index (χ1v) is 6.11. The van der Waals surface area contributed by atoms with Crippen LogP contribution >= 0.6 is 0 Å². The standard InChI is InChI=1S/C12H21N5O/c13-6-2-1-3-11(14)12(18)17-16-9-10-4-7-15-8-5-10/h4-5,7-8,11,16H,1-3,6,9,13-14H2,(H,17,18)/t11-/m0/s1. The molecule has 1 aromatic heterocycles. The maximum atomic E-state index is 11.6. The fourth-order valence-corrected chi connectivity index (χ4v) is 1.47. The van der Waals surface area contributed by atoms with Crippen molar-refractivity contribution in [3.63, 3.8) is 0 Å². The lowest BCUT2D eigenvalue weighted by atomic mass is 10.1. The van der Waals surface area contributed by atoms with E-state index in [0.717, 1.165) is 18.4 Å². The number of unbranched alkanes of at least 4 members (excludes halogenated alkanes) is 1. The molecule has 1 amide bonds. The number of hydrogen-bond acceptors (Lipinski definition) is 5. The minimum atomic E-state index is -0.485. The van der Waals surface area contributed by atoms with E-state index in [1.54, 1.807) is 12.4 Å². The molecular formula is C12H21N5O. The second-order valence-electron chi connectivity index (χ2n) is 4.09. The molecule has 1 aromatic rings. The van der Waals surface area contributed by atoms with E-state index in [1.807, 2.05) is 12.1 Å². The molecular weight excluding hydrogens is 230 g/mol. The normalized spacial score (nSPS) is 12.1. The zero-order valence-electron chi connectivity index (χ0n) is 10.4. The SMILES string of the molecule is NCCCC[C@H](N)C(=O)NNCc1ccncc1. The molecule has 0 aliphatic heterocycles. The lowest BCUT2D eigenvalue weighted by Gasteiger charge is -2.12. The van der Waals surface area contributed by atoms with Gasteiger partial charge >= 0.3 is 0 Å². The number of hydrogen-bond donors (Lipinski definition) is 4. The van der Waals surface area contributed by atoms with Gasteiger partial charge in [-0.2, -0.15) is 0 Å². The van der Waals surface area contributed by atoms with E-state index in [9.17, 15) is 4.79 Å². The number of carbonyl (C=O) groups excluding carboxylic acids is 1. The third-order valence-corrected chi connectivity index (χ3v) is 2.56. The van der Waals surface area contributed by atoms with Crippen molar-refractivity contribution in [3.8, 4) is 0 Å². The summed E-state index contributed by atoms with van der Waals surface area (Å²) in [5.41, 5.74) is 17.6.